The molecule has 0 radical (unpaired) electrons. The van der Waals surface area contributed by atoms with Crippen LogP contribution in [0.2, 0.25) is 0 Å². The van der Waals surface area contributed by atoms with E-state index in [0.717, 1.165) is 6.07 Å². The summed E-state index contributed by atoms with van der Waals surface area (Å²) in [6.07, 6.45) is 1.43. The van der Waals surface area contributed by atoms with Gasteiger partial charge in [0.25, 0.3) is 0 Å². The van der Waals surface area contributed by atoms with Crippen LogP contribution in [0.5, 0.6) is 0 Å². The van der Waals surface area contributed by atoms with Crippen LogP contribution < -0.4 is 5.32 Å². The highest BCUT2D eigenvalue weighted by atomic mass is 32.2. The summed E-state index contributed by atoms with van der Waals surface area (Å²) < 4.78 is 52.9. The summed E-state index contributed by atoms with van der Waals surface area (Å²) in [7, 11) is -4.64. The molecular weight excluding hydrogens is 278 g/mol. The van der Waals surface area contributed by atoms with Crippen LogP contribution >= 0.6 is 0 Å². The molecule has 1 heterocycles. The van der Waals surface area contributed by atoms with Gasteiger partial charge in [-0.25, -0.2) is 8.42 Å². The van der Waals surface area contributed by atoms with Crippen molar-refractivity contribution in [2.75, 3.05) is 5.32 Å². The Kier molecular flexibility index (Phi) is 3.79. The largest absolute Gasteiger partial charge is 0.377 e. The standard InChI is InChI=1S/C11H10F2N2O3S/c12-11(13)19(16,17)10-4-2-1-3-9(10)14-7-8-5-6-15-18-8/h1-6,11,14H,7H2. The molecule has 0 saturated carbocycles. The summed E-state index contributed by atoms with van der Waals surface area (Å²) in [4.78, 5) is -0.440. The summed E-state index contributed by atoms with van der Waals surface area (Å²) in [5.41, 5.74) is 0.0965. The molecule has 1 aromatic carbocycles. The highest BCUT2D eigenvalue weighted by Crippen LogP contribution is 2.26. The van der Waals surface area contributed by atoms with Gasteiger partial charge >= 0.3 is 5.76 Å². The van der Waals surface area contributed by atoms with Crippen molar-refractivity contribution in [3.05, 3.63) is 42.3 Å². The van der Waals surface area contributed by atoms with Gasteiger partial charge in [-0.05, 0) is 12.1 Å². The molecule has 2 aromatic rings. The Balaban J connectivity index is 2.27. The van der Waals surface area contributed by atoms with E-state index in [9.17, 15) is 17.2 Å². The van der Waals surface area contributed by atoms with Gasteiger partial charge in [0.15, 0.2) is 5.76 Å². The fourth-order valence-electron chi connectivity index (χ4n) is 1.47. The Morgan fingerprint density at radius 3 is 2.63 bits per heavy atom. The smallest absolute Gasteiger partial charge is 0.341 e. The zero-order valence-electron chi connectivity index (χ0n) is 9.58. The molecule has 0 aliphatic carbocycles. The third kappa shape index (κ3) is 2.90. The van der Waals surface area contributed by atoms with Gasteiger partial charge in [0, 0.05) is 6.07 Å². The van der Waals surface area contributed by atoms with Crippen molar-refractivity contribution in [2.24, 2.45) is 0 Å². The van der Waals surface area contributed by atoms with Crippen LogP contribution in [-0.2, 0) is 16.4 Å². The lowest BCUT2D eigenvalue weighted by Gasteiger charge is -2.10. The lowest BCUT2D eigenvalue weighted by molar-refractivity contribution is 0.235. The van der Waals surface area contributed by atoms with E-state index >= 15 is 0 Å². The summed E-state index contributed by atoms with van der Waals surface area (Å²) in [5, 5.41) is 6.21. The van der Waals surface area contributed by atoms with Gasteiger partial charge in [-0.2, -0.15) is 8.78 Å². The van der Waals surface area contributed by atoms with Crippen LogP contribution in [0.4, 0.5) is 14.5 Å². The molecule has 19 heavy (non-hydrogen) atoms. The fourth-order valence-corrected chi connectivity index (χ4v) is 2.38. The zero-order chi connectivity index (χ0) is 13.9. The Hall–Kier alpha value is -1.96. The Morgan fingerprint density at radius 2 is 2.00 bits per heavy atom. The molecule has 0 bridgehead atoms. The molecule has 0 spiro atoms. The van der Waals surface area contributed by atoms with E-state index in [0.29, 0.717) is 5.76 Å². The van der Waals surface area contributed by atoms with Gasteiger partial charge < -0.3 is 9.84 Å². The minimum absolute atomic E-state index is 0.0965. The average molecular weight is 288 g/mol. The number of benzene rings is 1. The molecule has 8 heteroatoms. The SMILES string of the molecule is O=S(=O)(c1ccccc1NCc1ccno1)C(F)F. The summed E-state index contributed by atoms with van der Waals surface area (Å²) >= 11 is 0. The lowest BCUT2D eigenvalue weighted by atomic mass is 10.3. The number of halogens is 2. The number of nitrogens with zero attached hydrogens (tertiary/aromatic N) is 1. The number of para-hydroxylation sites is 1. The van der Waals surface area contributed by atoms with Gasteiger partial charge in [-0.3, -0.25) is 0 Å². The van der Waals surface area contributed by atoms with Gasteiger partial charge in [0.1, 0.15) is 0 Å². The molecule has 0 saturated heterocycles. The maximum absolute atomic E-state index is 12.5. The normalized spacial score (nSPS) is 11.7. The number of hydrogen-bond acceptors (Lipinski definition) is 5. The van der Waals surface area contributed by atoms with Gasteiger partial charge in [-0.15, -0.1) is 0 Å². The molecule has 1 N–H and O–H groups in total. The van der Waals surface area contributed by atoms with Crippen molar-refractivity contribution in [3.8, 4) is 0 Å². The Morgan fingerprint density at radius 1 is 1.26 bits per heavy atom. The number of nitrogens with one attached hydrogen (secondary N) is 1. The van der Waals surface area contributed by atoms with E-state index in [2.05, 4.69) is 10.5 Å². The highest BCUT2D eigenvalue weighted by Gasteiger charge is 2.28. The molecular formula is C11H10F2N2O3S. The van der Waals surface area contributed by atoms with Crippen molar-refractivity contribution in [3.63, 3.8) is 0 Å². The first kappa shape index (κ1) is 13.5. The van der Waals surface area contributed by atoms with Crippen molar-refractivity contribution in [1.82, 2.24) is 5.16 Å². The van der Waals surface area contributed by atoms with E-state index in [1.807, 2.05) is 0 Å². The minimum atomic E-state index is -4.64. The van der Waals surface area contributed by atoms with Crippen molar-refractivity contribution < 1.29 is 21.7 Å². The first-order valence-electron chi connectivity index (χ1n) is 5.26. The van der Waals surface area contributed by atoms with Crippen molar-refractivity contribution >= 4 is 15.5 Å². The van der Waals surface area contributed by atoms with E-state index in [1.54, 1.807) is 12.1 Å². The van der Waals surface area contributed by atoms with E-state index in [-0.39, 0.29) is 12.2 Å². The second kappa shape index (κ2) is 5.35. The molecule has 102 valence electrons. The number of alkyl halides is 2. The zero-order valence-corrected chi connectivity index (χ0v) is 10.4. The molecule has 1 aromatic heterocycles. The molecule has 0 aliphatic rings. The Labute approximate surface area is 108 Å². The summed E-state index contributed by atoms with van der Waals surface area (Å²) in [6, 6.07) is 7.05. The second-order valence-corrected chi connectivity index (χ2v) is 5.52. The predicted octanol–water partition coefficient (Wildman–Crippen LogP) is 2.28. The van der Waals surface area contributed by atoms with E-state index in [4.69, 9.17) is 4.52 Å². The van der Waals surface area contributed by atoms with Crippen LogP contribution in [0.3, 0.4) is 0 Å². The van der Waals surface area contributed by atoms with Crippen LogP contribution in [-0.4, -0.2) is 19.3 Å². The third-order valence-corrected chi connectivity index (χ3v) is 3.81. The maximum Gasteiger partial charge on any atom is 0.341 e. The molecule has 0 amide bonds. The number of sulfone groups is 1. The predicted molar refractivity (Wildman–Crippen MR) is 63.5 cm³/mol. The maximum atomic E-state index is 12.5. The topological polar surface area (TPSA) is 72.2 Å². The molecule has 0 fully saturated rings. The molecule has 0 aliphatic heterocycles. The minimum Gasteiger partial charge on any atom is -0.377 e. The molecule has 5 nitrogen and oxygen atoms in total. The number of anilines is 1. The van der Waals surface area contributed by atoms with Crippen molar-refractivity contribution in [1.29, 1.82) is 0 Å². The average Bonchev–Trinajstić information content (AvgIpc) is 2.89. The van der Waals surface area contributed by atoms with Crippen LogP contribution in [0.25, 0.3) is 0 Å². The quantitative estimate of drug-likeness (QED) is 0.913. The van der Waals surface area contributed by atoms with E-state index < -0.39 is 20.5 Å². The monoisotopic (exact) mass is 288 g/mol. The second-order valence-electron chi connectivity index (χ2n) is 3.63. The lowest BCUT2D eigenvalue weighted by Crippen LogP contribution is -2.14. The van der Waals surface area contributed by atoms with Crippen LogP contribution in [0, 0.1) is 0 Å². The number of rotatable bonds is 5. The van der Waals surface area contributed by atoms with Crippen LogP contribution in [0.1, 0.15) is 5.76 Å². The first-order valence-corrected chi connectivity index (χ1v) is 6.81. The number of aromatic nitrogens is 1. The van der Waals surface area contributed by atoms with E-state index in [1.165, 1.54) is 18.3 Å². The first-order chi connectivity index (χ1) is 9.01. The number of hydrogen-bond donors (Lipinski definition) is 1. The van der Waals surface area contributed by atoms with Gasteiger partial charge in [0.05, 0.1) is 23.3 Å². The van der Waals surface area contributed by atoms with Gasteiger partial charge in [-0.1, -0.05) is 17.3 Å². The molecule has 0 unspecified atom stereocenters. The van der Waals surface area contributed by atoms with Crippen molar-refractivity contribution in [2.45, 2.75) is 17.2 Å². The summed E-state index contributed by atoms with van der Waals surface area (Å²) in [6.45, 7) is 0.149. The van der Waals surface area contributed by atoms with Gasteiger partial charge in [0.2, 0.25) is 9.84 Å². The molecule has 2 rings (SSSR count). The highest BCUT2D eigenvalue weighted by molar-refractivity contribution is 7.91. The van der Waals surface area contributed by atoms with Crippen LogP contribution in [0.15, 0.2) is 45.9 Å². The fraction of sp³-hybridized carbons (Fsp3) is 0.182. The third-order valence-electron chi connectivity index (χ3n) is 2.37. The Bertz CT molecular complexity index is 642. The molecule has 0 atom stereocenters. The summed E-state index contributed by atoms with van der Waals surface area (Å²) in [5.74, 6) is -3.00.